The molecule has 0 amide bonds. The Morgan fingerprint density at radius 1 is 1.08 bits per heavy atom. The molecule has 3 nitrogen and oxygen atoms in total. The molecule has 0 aromatic heterocycles. The molecule has 0 saturated carbocycles. The zero-order chi connectivity index (χ0) is 17.4. The van der Waals surface area contributed by atoms with Gasteiger partial charge in [-0.1, -0.05) is 0 Å². The summed E-state index contributed by atoms with van der Waals surface area (Å²) in [5.41, 5.74) is 2.94. The predicted molar refractivity (Wildman–Crippen MR) is 93.2 cm³/mol. The predicted octanol–water partition coefficient (Wildman–Crippen LogP) is 3.86. The van der Waals surface area contributed by atoms with E-state index in [0.29, 0.717) is 6.42 Å². The van der Waals surface area contributed by atoms with E-state index in [0.717, 1.165) is 49.3 Å². The quantitative estimate of drug-likeness (QED) is 0.788. The summed E-state index contributed by atoms with van der Waals surface area (Å²) in [4.78, 5) is 15.2. The first-order valence-corrected chi connectivity index (χ1v) is 8.67. The number of hydrogen-bond acceptors (Lipinski definition) is 3. The zero-order valence-corrected chi connectivity index (χ0v) is 13.9. The topological polar surface area (TPSA) is 23.6 Å². The van der Waals surface area contributed by atoms with Gasteiger partial charge in [0, 0.05) is 49.4 Å². The van der Waals surface area contributed by atoms with E-state index in [-0.39, 0.29) is 23.6 Å². The van der Waals surface area contributed by atoms with Crippen molar-refractivity contribution >= 4 is 17.7 Å². The lowest BCUT2D eigenvalue weighted by Gasteiger charge is -2.38. The van der Waals surface area contributed by atoms with Crippen molar-refractivity contribution in [3.8, 4) is 0 Å². The molecule has 4 rings (SSSR count). The molecule has 0 aliphatic carbocycles. The van der Waals surface area contributed by atoms with Gasteiger partial charge in [0.1, 0.15) is 17.9 Å². The van der Waals surface area contributed by atoms with Gasteiger partial charge in [-0.3, -0.25) is 0 Å². The molecule has 0 N–H and O–H groups in total. The van der Waals surface area contributed by atoms with E-state index in [9.17, 15) is 13.6 Å². The molecule has 2 unspecified atom stereocenters. The second-order valence-electron chi connectivity index (χ2n) is 6.77. The lowest BCUT2D eigenvalue weighted by molar-refractivity contribution is -0.108. The first kappa shape index (κ1) is 16.2. The van der Waals surface area contributed by atoms with Crippen molar-refractivity contribution in [3.05, 3.63) is 59.7 Å². The molecule has 0 spiro atoms. The SMILES string of the molecule is O=CCCN1CCC2C(C1)c1cc(F)ccc1N2c1ccc(F)cc1. The number of benzene rings is 2. The van der Waals surface area contributed by atoms with Crippen molar-refractivity contribution < 1.29 is 13.6 Å². The van der Waals surface area contributed by atoms with Crippen molar-refractivity contribution in [1.82, 2.24) is 4.90 Å². The van der Waals surface area contributed by atoms with Crippen LogP contribution in [0.5, 0.6) is 0 Å². The largest absolute Gasteiger partial charge is 0.337 e. The number of fused-ring (bicyclic) bond motifs is 3. The summed E-state index contributed by atoms with van der Waals surface area (Å²) >= 11 is 0. The third-order valence-corrected chi connectivity index (χ3v) is 5.31. The molecular weight excluding hydrogens is 322 g/mol. The van der Waals surface area contributed by atoms with Crippen molar-refractivity contribution in [2.75, 3.05) is 24.5 Å². The highest BCUT2D eigenvalue weighted by atomic mass is 19.1. The molecule has 2 atom stereocenters. The number of hydrogen-bond donors (Lipinski definition) is 0. The Bertz CT molecular complexity index is 778. The van der Waals surface area contributed by atoms with Gasteiger partial charge in [-0.2, -0.15) is 0 Å². The van der Waals surface area contributed by atoms with E-state index in [1.54, 1.807) is 18.2 Å². The van der Waals surface area contributed by atoms with Crippen molar-refractivity contribution in [2.45, 2.75) is 24.8 Å². The van der Waals surface area contributed by atoms with Crippen LogP contribution in [0.1, 0.15) is 24.3 Å². The monoisotopic (exact) mass is 342 g/mol. The summed E-state index contributed by atoms with van der Waals surface area (Å²) in [6.45, 7) is 2.46. The van der Waals surface area contributed by atoms with E-state index >= 15 is 0 Å². The lowest BCUT2D eigenvalue weighted by atomic mass is 9.89. The second-order valence-corrected chi connectivity index (χ2v) is 6.77. The van der Waals surface area contributed by atoms with Crippen LogP contribution in [0.4, 0.5) is 20.2 Å². The first-order valence-electron chi connectivity index (χ1n) is 8.67. The van der Waals surface area contributed by atoms with Gasteiger partial charge in [0.05, 0.1) is 0 Å². The van der Waals surface area contributed by atoms with E-state index in [1.807, 2.05) is 6.07 Å². The normalized spacial score (nSPS) is 22.6. The third-order valence-electron chi connectivity index (χ3n) is 5.31. The second kappa shape index (κ2) is 6.56. The van der Waals surface area contributed by atoms with E-state index in [1.165, 1.54) is 18.2 Å². The van der Waals surface area contributed by atoms with Crippen molar-refractivity contribution in [3.63, 3.8) is 0 Å². The van der Waals surface area contributed by atoms with E-state index in [2.05, 4.69) is 9.80 Å². The summed E-state index contributed by atoms with van der Waals surface area (Å²) in [6, 6.07) is 11.6. The Morgan fingerprint density at radius 2 is 1.84 bits per heavy atom. The molecule has 5 heteroatoms. The maximum absolute atomic E-state index is 13.9. The summed E-state index contributed by atoms with van der Waals surface area (Å²) < 4.78 is 27.2. The molecular formula is C20H20F2N2O. The van der Waals surface area contributed by atoms with E-state index < -0.39 is 0 Å². The van der Waals surface area contributed by atoms with Crippen LogP contribution in [0, 0.1) is 11.6 Å². The minimum absolute atomic E-state index is 0.191. The Morgan fingerprint density at radius 3 is 2.60 bits per heavy atom. The summed E-state index contributed by atoms with van der Waals surface area (Å²) in [7, 11) is 0. The molecule has 2 aliphatic heterocycles. The van der Waals surface area contributed by atoms with Gasteiger partial charge in [0.15, 0.2) is 0 Å². The number of anilines is 2. The molecule has 130 valence electrons. The fourth-order valence-electron chi connectivity index (χ4n) is 4.21. The molecule has 2 heterocycles. The summed E-state index contributed by atoms with van der Waals surface area (Å²) in [6.07, 6.45) is 2.39. The number of carbonyl (C=O) groups is 1. The molecule has 2 aromatic rings. The molecule has 0 bridgehead atoms. The average Bonchev–Trinajstić information content (AvgIpc) is 2.94. The first-order chi connectivity index (χ1) is 12.2. The average molecular weight is 342 g/mol. The van der Waals surface area contributed by atoms with Gasteiger partial charge < -0.3 is 14.6 Å². The Kier molecular flexibility index (Phi) is 4.25. The Labute approximate surface area is 145 Å². The smallest absolute Gasteiger partial charge is 0.123 e. The van der Waals surface area contributed by atoms with Crippen LogP contribution in [0.25, 0.3) is 0 Å². The van der Waals surface area contributed by atoms with Crippen LogP contribution in [0.2, 0.25) is 0 Å². The fourth-order valence-corrected chi connectivity index (χ4v) is 4.21. The molecule has 25 heavy (non-hydrogen) atoms. The van der Waals surface area contributed by atoms with Gasteiger partial charge in [0.25, 0.3) is 0 Å². The van der Waals surface area contributed by atoms with Crippen molar-refractivity contribution in [2.24, 2.45) is 0 Å². The fraction of sp³-hybridized carbons (Fsp3) is 0.350. The number of rotatable bonds is 4. The Hall–Kier alpha value is -2.27. The molecule has 2 aromatic carbocycles. The van der Waals surface area contributed by atoms with Gasteiger partial charge in [-0.25, -0.2) is 8.78 Å². The van der Waals surface area contributed by atoms with Crippen LogP contribution >= 0.6 is 0 Å². The molecule has 2 aliphatic rings. The standard InChI is InChI=1S/C20H20F2N2O/c21-14-2-5-16(6-3-14)24-19-7-4-15(22)12-17(19)18-13-23(9-1-11-25)10-8-20(18)24/h2-7,11-12,18,20H,1,8-10,13H2. The maximum Gasteiger partial charge on any atom is 0.123 e. The van der Waals surface area contributed by atoms with Gasteiger partial charge in [-0.15, -0.1) is 0 Å². The number of carbonyl (C=O) groups excluding carboxylic acids is 1. The lowest BCUT2D eigenvalue weighted by Crippen LogP contribution is -2.45. The molecule has 1 fully saturated rings. The zero-order valence-electron chi connectivity index (χ0n) is 13.9. The number of halogens is 2. The minimum Gasteiger partial charge on any atom is -0.337 e. The summed E-state index contributed by atoms with van der Waals surface area (Å²) in [5.74, 6) is -0.304. The van der Waals surface area contributed by atoms with Gasteiger partial charge in [-0.05, 0) is 54.4 Å². The number of aldehydes is 1. The van der Waals surface area contributed by atoms with Crippen LogP contribution < -0.4 is 4.90 Å². The van der Waals surface area contributed by atoms with Gasteiger partial charge in [0.2, 0.25) is 0 Å². The highest BCUT2D eigenvalue weighted by Crippen LogP contribution is 2.48. The third kappa shape index (κ3) is 2.93. The molecule has 0 radical (unpaired) electrons. The number of piperidine rings is 1. The number of likely N-dealkylation sites (tertiary alicyclic amines) is 1. The number of nitrogens with zero attached hydrogens (tertiary/aromatic N) is 2. The summed E-state index contributed by atoms with van der Waals surface area (Å²) in [5, 5.41) is 0. The van der Waals surface area contributed by atoms with Crippen LogP contribution in [0.3, 0.4) is 0 Å². The van der Waals surface area contributed by atoms with Crippen LogP contribution in [-0.2, 0) is 4.79 Å². The van der Waals surface area contributed by atoms with Gasteiger partial charge >= 0.3 is 0 Å². The highest BCUT2D eigenvalue weighted by Gasteiger charge is 2.42. The highest BCUT2D eigenvalue weighted by molar-refractivity contribution is 5.73. The Balaban J connectivity index is 1.70. The maximum atomic E-state index is 13.9. The molecule has 1 saturated heterocycles. The van der Waals surface area contributed by atoms with Crippen LogP contribution in [-0.4, -0.2) is 36.9 Å². The van der Waals surface area contributed by atoms with Crippen LogP contribution in [0.15, 0.2) is 42.5 Å². The van der Waals surface area contributed by atoms with Crippen molar-refractivity contribution in [1.29, 1.82) is 0 Å². The minimum atomic E-state index is -0.262. The van der Waals surface area contributed by atoms with E-state index in [4.69, 9.17) is 0 Å².